The van der Waals surface area contributed by atoms with Crippen molar-refractivity contribution in [3.63, 3.8) is 0 Å². The Bertz CT molecular complexity index is 1310. The van der Waals surface area contributed by atoms with Crippen LogP contribution in [0.1, 0.15) is 67.9 Å². The van der Waals surface area contributed by atoms with Crippen molar-refractivity contribution in [3.8, 4) is 4.90 Å². The smallest absolute Gasteiger partial charge is 0.187 e. The minimum Gasteiger partial charge on any atom is -0.396 e. The molecule has 3 aromatic carbocycles. The number of benzene rings is 3. The van der Waals surface area contributed by atoms with E-state index in [0.29, 0.717) is 17.1 Å². The van der Waals surface area contributed by atoms with E-state index in [1.54, 1.807) is 0 Å². The first kappa shape index (κ1) is 32.9. The largest absolute Gasteiger partial charge is 0.396 e. The lowest BCUT2D eigenvalue weighted by molar-refractivity contribution is 0.299. The van der Waals surface area contributed by atoms with Gasteiger partial charge >= 0.3 is 0 Å². The van der Waals surface area contributed by atoms with E-state index in [1.807, 2.05) is 13.8 Å². The van der Waals surface area contributed by atoms with Crippen LogP contribution in [0.2, 0.25) is 0 Å². The number of allylic oxidation sites excluding steroid dienone is 3. The van der Waals surface area contributed by atoms with Crippen LogP contribution in [0.4, 0.5) is 0 Å². The van der Waals surface area contributed by atoms with Crippen LogP contribution in [0.5, 0.6) is 0 Å². The summed E-state index contributed by atoms with van der Waals surface area (Å²) in [6.07, 6.45) is 2.96. The zero-order valence-electron chi connectivity index (χ0n) is 25.5. The highest BCUT2D eigenvalue weighted by atomic mass is 32.2. The lowest BCUT2D eigenvalue weighted by Crippen LogP contribution is -2.10. The monoisotopic (exact) mass is 561 g/mol. The fraction of sp³-hybridized carbons (Fsp3) is 0.389. The summed E-state index contributed by atoms with van der Waals surface area (Å²) in [6.45, 7) is 19.7. The number of thiophene rings is 1. The molecule has 0 radical (unpaired) electrons. The lowest BCUT2D eigenvalue weighted by atomic mass is 9.87. The molecule has 4 aromatic rings. The fourth-order valence-corrected chi connectivity index (χ4v) is 8.28. The highest BCUT2D eigenvalue weighted by Crippen LogP contribution is 2.48. The molecule has 1 heterocycles. The second-order valence-electron chi connectivity index (χ2n) is 10.2. The Labute approximate surface area is 246 Å². The van der Waals surface area contributed by atoms with Crippen LogP contribution in [0, 0.1) is 11.8 Å². The summed E-state index contributed by atoms with van der Waals surface area (Å²) in [5, 5.41) is 12.1. The maximum atomic E-state index is 9.06. The number of aliphatic hydroxyl groups is 1. The molecule has 0 spiro atoms. The van der Waals surface area contributed by atoms with Crippen LogP contribution < -0.4 is 0 Å². The van der Waals surface area contributed by atoms with E-state index in [4.69, 9.17) is 5.11 Å². The Hall–Kier alpha value is -2.33. The first-order valence-corrected chi connectivity index (χ1v) is 16.1. The maximum Gasteiger partial charge on any atom is 0.187 e. The zero-order valence-corrected chi connectivity index (χ0v) is 27.2. The van der Waals surface area contributed by atoms with E-state index < -0.39 is 0 Å². The molecule has 210 valence electrons. The molecule has 3 heteroatoms. The second-order valence-corrected chi connectivity index (χ2v) is 13.0. The molecule has 0 amide bonds. The predicted octanol–water partition coefficient (Wildman–Crippen LogP) is 11.2. The number of rotatable bonds is 7. The third kappa shape index (κ3) is 8.10. The van der Waals surface area contributed by atoms with Crippen molar-refractivity contribution in [1.82, 2.24) is 0 Å². The average Bonchev–Trinajstić information content (AvgIpc) is 3.25. The Morgan fingerprint density at radius 1 is 0.795 bits per heavy atom. The molecule has 4 rings (SSSR count). The Kier molecular flexibility index (Phi) is 13.5. The van der Waals surface area contributed by atoms with Gasteiger partial charge < -0.3 is 5.11 Å². The number of hydrogen-bond acceptors (Lipinski definition) is 2. The van der Waals surface area contributed by atoms with E-state index in [-0.39, 0.29) is 17.1 Å². The van der Waals surface area contributed by atoms with Gasteiger partial charge in [-0.2, -0.15) is 12.6 Å². The van der Waals surface area contributed by atoms with Crippen LogP contribution in [0.15, 0.2) is 95.6 Å². The van der Waals surface area contributed by atoms with E-state index in [1.165, 1.54) is 47.4 Å². The topological polar surface area (TPSA) is 20.2 Å². The summed E-state index contributed by atoms with van der Waals surface area (Å²) in [6, 6.07) is 26.2. The van der Waals surface area contributed by atoms with Crippen LogP contribution in [-0.2, 0) is 6.42 Å². The molecule has 1 unspecified atom stereocenters. The van der Waals surface area contributed by atoms with Crippen molar-refractivity contribution in [2.45, 2.75) is 74.0 Å². The van der Waals surface area contributed by atoms with Crippen molar-refractivity contribution in [2.24, 2.45) is 11.8 Å². The van der Waals surface area contributed by atoms with Crippen LogP contribution >= 0.6 is 23.1 Å². The molecule has 0 aliphatic heterocycles. The number of thiol groups is 1. The first-order valence-electron chi connectivity index (χ1n) is 14.4. The first-order chi connectivity index (χ1) is 18.7. The van der Waals surface area contributed by atoms with Gasteiger partial charge in [-0.1, -0.05) is 89.6 Å². The summed E-state index contributed by atoms with van der Waals surface area (Å²) >= 11 is 4.59. The van der Waals surface area contributed by atoms with Crippen molar-refractivity contribution in [2.75, 3.05) is 6.61 Å². The van der Waals surface area contributed by atoms with Gasteiger partial charge in [0.2, 0.25) is 0 Å². The van der Waals surface area contributed by atoms with Crippen molar-refractivity contribution >= 4 is 43.3 Å². The van der Waals surface area contributed by atoms with Crippen molar-refractivity contribution in [3.05, 3.63) is 101 Å². The standard InChI is InChI=1S/C20H17OS.C14H26S.C2H6/c21-14-13-15-9-11-16(12-10-15)22-19-7-3-1-5-17(19)18-6-2-4-8-20(18)22;1-8-13(9(2)3)11(6)14(10(4)5)12(7)15;1-2/h1-12,21H,13-14H2;8-10,12,15H,1-7H3;1-2H3/q+1;;/b;13-8-,14-11+;. The van der Waals surface area contributed by atoms with E-state index in [2.05, 4.69) is 140 Å². The number of hydrogen-bond donors (Lipinski definition) is 2. The van der Waals surface area contributed by atoms with E-state index >= 15 is 0 Å². The average molecular weight is 562 g/mol. The van der Waals surface area contributed by atoms with E-state index in [9.17, 15) is 0 Å². The SMILES string of the molecule is C/C=C(\C(C)=C(/C(C)C)C(C)S)C(C)C.CC.OCCc1ccc(-[s+]2c3ccccc3c3ccccc32)cc1. The van der Waals surface area contributed by atoms with Gasteiger partial charge in [-0.3, -0.25) is 0 Å². The Morgan fingerprint density at radius 2 is 1.28 bits per heavy atom. The minimum absolute atomic E-state index is 0.0153. The van der Waals surface area contributed by atoms with Gasteiger partial charge in [-0.05, 0) is 92.1 Å². The molecule has 0 fully saturated rings. The van der Waals surface area contributed by atoms with Gasteiger partial charge in [0, 0.05) is 33.1 Å². The molecule has 39 heavy (non-hydrogen) atoms. The molecule has 0 aliphatic carbocycles. The van der Waals surface area contributed by atoms with Crippen LogP contribution in [-0.4, -0.2) is 17.0 Å². The summed E-state index contributed by atoms with van der Waals surface area (Å²) in [7, 11) is -0.0153. The molecule has 0 saturated carbocycles. The van der Waals surface area contributed by atoms with Crippen LogP contribution in [0.25, 0.3) is 25.1 Å². The quantitative estimate of drug-likeness (QED) is 0.131. The van der Waals surface area contributed by atoms with E-state index in [0.717, 1.165) is 6.42 Å². The molecule has 0 aliphatic rings. The normalized spacial score (nSPS) is 13.1. The molecule has 1 atom stereocenters. The zero-order chi connectivity index (χ0) is 29.1. The minimum atomic E-state index is -0.0153. The van der Waals surface area contributed by atoms with Gasteiger partial charge in [0.25, 0.3) is 0 Å². The number of aliphatic hydroxyl groups excluding tert-OH is 1. The predicted molar refractivity (Wildman–Crippen MR) is 182 cm³/mol. The van der Waals surface area contributed by atoms with Gasteiger partial charge in [-0.25, -0.2) is 0 Å². The molecular weight excluding hydrogens is 513 g/mol. The maximum absolute atomic E-state index is 9.06. The molecule has 1 aromatic heterocycles. The summed E-state index contributed by atoms with van der Waals surface area (Å²) in [4.78, 5) is 1.35. The molecule has 1 nitrogen and oxygen atoms in total. The van der Waals surface area contributed by atoms with Crippen molar-refractivity contribution < 1.29 is 5.11 Å². The molecular formula is C36H49OS2+. The lowest BCUT2D eigenvalue weighted by Gasteiger charge is -2.22. The third-order valence-electron chi connectivity index (χ3n) is 6.93. The van der Waals surface area contributed by atoms with Crippen LogP contribution in [0.3, 0.4) is 0 Å². The number of fused-ring (bicyclic) bond motifs is 3. The Morgan fingerprint density at radius 3 is 1.67 bits per heavy atom. The molecule has 1 N–H and O–H groups in total. The second kappa shape index (κ2) is 16.1. The van der Waals surface area contributed by atoms with Gasteiger partial charge in [0.1, 0.15) is 0 Å². The summed E-state index contributed by atoms with van der Waals surface area (Å²) in [5.74, 6) is 1.17. The van der Waals surface area contributed by atoms with Crippen molar-refractivity contribution in [1.29, 1.82) is 0 Å². The highest BCUT2D eigenvalue weighted by Gasteiger charge is 2.22. The third-order valence-corrected chi connectivity index (χ3v) is 9.55. The van der Waals surface area contributed by atoms with Gasteiger partial charge in [-0.15, -0.1) is 0 Å². The fourth-order valence-electron chi connectivity index (χ4n) is 5.41. The summed E-state index contributed by atoms with van der Waals surface area (Å²) in [5.41, 5.74) is 5.56. The molecule has 0 bridgehead atoms. The van der Waals surface area contributed by atoms with Gasteiger partial charge in [0.05, 0.1) is 0 Å². The molecule has 0 saturated heterocycles. The summed E-state index contributed by atoms with van der Waals surface area (Å²) < 4.78 is 2.83. The Balaban J connectivity index is 0.000000277. The highest BCUT2D eigenvalue weighted by molar-refractivity contribution is 7.81. The van der Waals surface area contributed by atoms with Gasteiger partial charge in [0.15, 0.2) is 14.3 Å².